The Morgan fingerprint density at radius 2 is 2.56 bits per heavy atom. The van der Waals surface area contributed by atoms with Crippen molar-refractivity contribution in [2.75, 3.05) is 18.8 Å². The smallest absolute Gasteiger partial charge is 0.210 e. The molecule has 1 rings (SSSR count). The number of carbonyl (C=O) groups excluding carboxylic acids is 1. The molecule has 3 N–H and O–H groups in total. The standard InChI is InChI=1S/C10H17N5OS2/c1-2-15(8-16)3-4-17-5-9-6-18-10(14-9)12-7-13-11/h6-8H,2-5,11H2,1H3,(H,12,13,14). The average Bonchev–Trinajstić information content (AvgIpc) is 2.84. The van der Waals surface area contributed by atoms with Gasteiger partial charge in [-0.25, -0.2) is 15.8 Å². The number of nitrogens with one attached hydrogen (secondary N) is 1. The number of aromatic nitrogens is 1. The minimum Gasteiger partial charge on any atom is -0.345 e. The molecule has 0 fully saturated rings. The molecule has 0 bridgehead atoms. The third-order valence-corrected chi connectivity index (χ3v) is 3.89. The van der Waals surface area contributed by atoms with Crippen LogP contribution in [0.25, 0.3) is 0 Å². The summed E-state index contributed by atoms with van der Waals surface area (Å²) in [5.41, 5.74) is 3.34. The summed E-state index contributed by atoms with van der Waals surface area (Å²) in [4.78, 5) is 20.7. The van der Waals surface area contributed by atoms with Crippen LogP contribution < -0.4 is 11.3 Å². The molecule has 8 heteroatoms. The number of carbonyl (C=O) groups is 1. The lowest BCUT2D eigenvalue weighted by Gasteiger charge is -2.13. The molecule has 100 valence electrons. The lowest BCUT2D eigenvalue weighted by atomic mass is 10.6. The molecule has 0 atom stereocenters. The number of nitrogens with zero attached hydrogens (tertiary/aromatic N) is 3. The van der Waals surface area contributed by atoms with Crippen molar-refractivity contribution in [1.29, 1.82) is 0 Å². The molecule has 1 aromatic heterocycles. The summed E-state index contributed by atoms with van der Waals surface area (Å²) < 4.78 is 0. The molecule has 0 spiro atoms. The van der Waals surface area contributed by atoms with Crippen LogP contribution in [0.1, 0.15) is 12.6 Å². The SMILES string of the molecule is CCN(C=O)CCSCc1csc(/N=C/NN)n1. The van der Waals surface area contributed by atoms with Crippen molar-refractivity contribution in [3.63, 3.8) is 0 Å². The summed E-state index contributed by atoms with van der Waals surface area (Å²) in [7, 11) is 0. The molecular formula is C10H17N5OS2. The van der Waals surface area contributed by atoms with E-state index in [4.69, 9.17) is 5.84 Å². The summed E-state index contributed by atoms with van der Waals surface area (Å²) in [6.45, 7) is 3.50. The van der Waals surface area contributed by atoms with Gasteiger partial charge in [-0.3, -0.25) is 4.79 Å². The highest BCUT2D eigenvalue weighted by Crippen LogP contribution is 2.21. The molecule has 1 amide bonds. The third-order valence-electron chi connectivity index (χ3n) is 2.12. The van der Waals surface area contributed by atoms with Gasteiger partial charge in [-0.2, -0.15) is 11.8 Å². The van der Waals surface area contributed by atoms with Crippen molar-refractivity contribution < 1.29 is 4.79 Å². The fourth-order valence-electron chi connectivity index (χ4n) is 1.16. The molecular weight excluding hydrogens is 270 g/mol. The third kappa shape index (κ3) is 5.48. The Morgan fingerprint density at radius 3 is 3.22 bits per heavy atom. The number of hydrazine groups is 1. The minimum atomic E-state index is 0.687. The van der Waals surface area contributed by atoms with E-state index in [1.165, 1.54) is 17.7 Å². The highest BCUT2D eigenvalue weighted by Gasteiger charge is 2.02. The zero-order valence-corrected chi connectivity index (χ0v) is 11.8. The largest absolute Gasteiger partial charge is 0.345 e. The van der Waals surface area contributed by atoms with Crippen molar-refractivity contribution >= 4 is 41.0 Å². The molecule has 0 saturated carbocycles. The van der Waals surface area contributed by atoms with Gasteiger partial charge in [0, 0.05) is 30.0 Å². The normalized spacial score (nSPS) is 10.8. The van der Waals surface area contributed by atoms with E-state index in [0.717, 1.165) is 36.7 Å². The number of amides is 1. The first kappa shape index (κ1) is 14.9. The van der Waals surface area contributed by atoms with E-state index in [1.54, 1.807) is 16.7 Å². The maximum Gasteiger partial charge on any atom is 0.210 e. The minimum absolute atomic E-state index is 0.687. The van der Waals surface area contributed by atoms with E-state index in [-0.39, 0.29) is 0 Å². The summed E-state index contributed by atoms with van der Waals surface area (Å²) in [6, 6.07) is 0. The van der Waals surface area contributed by atoms with Crippen LogP contribution in [-0.4, -0.2) is 41.5 Å². The van der Waals surface area contributed by atoms with Crippen LogP contribution in [0, 0.1) is 0 Å². The average molecular weight is 287 g/mol. The van der Waals surface area contributed by atoms with E-state index >= 15 is 0 Å². The molecule has 6 nitrogen and oxygen atoms in total. The van der Waals surface area contributed by atoms with E-state index in [0.29, 0.717) is 5.13 Å². The van der Waals surface area contributed by atoms with Gasteiger partial charge < -0.3 is 10.3 Å². The second-order valence-electron chi connectivity index (χ2n) is 3.33. The quantitative estimate of drug-likeness (QED) is 0.177. The Balaban J connectivity index is 2.25. The zero-order valence-electron chi connectivity index (χ0n) is 10.2. The lowest BCUT2D eigenvalue weighted by Crippen LogP contribution is -2.23. The Morgan fingerprint density at radius 1 is 1.72 bits per heavy atom. The number of aliphatic imine (C=N–C) groups is 1. The van der Waals surface area contributed by atoms with Gasteiger partial charge in [-0.05, 0) is 6.92 Å². The van der Waals surface area contributed by atoms with Gasteiger partial charge in [-0.15, -0.1) is 11.3 Å². The van der Waals surface area contributed by atoms with Crippen LogP contribution in [0.5, 0.6) is 0 Å². The molecule has 0 aliphatic rings. The van der Waals surface area contributed by atoms with Gasteiger partial charge in [0.05, 0.1) is 5.69 Å². The molecule has 0 unspecified atom stereocenters. The monoisotopic (exact) mass is 287 g/mol. The van der Waals surface area contributed by atoms with E-state index in [9.17, 15) is 4.79 Å². The van der Waals surface area contributed by atoms with Crippen LogP contribution in [0.15, 0.2) is 10.4 Å². The molecule has 0 radical (unpaired) electrons. The predicted molar refractivity (Wildman–Crippen MR) is 77.1 cm³/mol. The number of thioether (sulfide) groups is 1. The number of hydrogen-bond donors (Lipinski definition) is 2. The van der Waals surface area contributed by atoms with Crippen molar-refractivity contribution in [1.82, 2.24) is 15.3 Å². The highest BCUT2D eigenvalue weighted by atomic mass is 32.2. The predicted octanol–water partition coefficient (Wildman–Crippen LogP) is 0.978. The van der Waals surface area contributed by atoms with Crippen molar-refractivity contribution in [3.8, 4) is 0 Å². The number of nitrogens with two attached hydrogens (primary N) is 1. The molecule has 18 heavy (non-hydrogen) atoms. The first-order chi connectivity index (χ1) is 8.80. The Bertz CT molecular complexity index is 382. The van der Waals surface area contributed by atoms with Crippen molar-refractivity contribution in [2.45, 2.75) is 12.7 Å². The van der Waals surface area contributed by atoms with Crippen LogP contribution in [-0.2, 0) is 10.5 Å². The van der Waals surface area contributed by atoms with Crippen LogP contribution in [0.3, 0.4) is 0 Å². The molecule has 1 aromatic rings. The number of hydrogen-bond acceptors (Lipinski definition) is 6. The summed E-state index contributed by atoms with van der Waals surface area (Å²) in [6.07, 6.45) is 2.29. The van der Waals surface area contributed by atoms with Crippen LogP contribution >= 0.6 is 23.1 Å². The second-order valence-corrected chi connectivity index (χ2v) is 5.27. The van der Waals surface area contributed by atoms with Crippen molar-refractivity contribution in [3.05, 3.63) is 11.1 Å². The zero-order chi connectivity index (χ0) is 13.2. The van der Waals surface area contributed by atoms with Gasteiger partial charge in [0.1, 0.15) is 6.34 Å². The van der Waals surface area contributed by atoms with Gasteiger partial charge in [0.25, 0.3) is 0 Å². The first-order valence-electron chi connectivity index (χ1n) is 5.50. The van der Waals surface area contributed by atoms with Crippen LogP contribution in [0.4, 0.5) is 5.13 Å². The van der Waals surface area contributed by atoms with E-state index < -0.39 is 0 Å². The molecule has 0 saturated heterocycles. The van der Waals surface area contributed by atoms with Gasteiger partial charge in [0.15, 0.2) is 0 Å². The highest BCUT2D eigenvalue weighted by molar-refractivity contribution is 7.98. The Hall–Kier alpha value is -1.12. The summed E-state index contributed by atoms with van der Waals surface area (Å²) in [5.74, 6) is 6.82. The van der Waals surface area contributed by atoms with Gasteiger partial charge in [0.2, 0.25) is 11.5 Å². The molecule has 0 aliphatic carbocycles. The number of thiazole rings is 1. The maximum atomic E-state index is 10.6. The van der Waals surface area contributed by atoms with Gasteiger partial charge in [-0.1, -0.05) is 0 Å². The molecule has 0 aliphatic heterocycles. The lowest BCUT2D eigenvalue weighted by molar-refractivity contribution is -0.117. The second kappa shape index (κ2) is 8.90. The van der Waals surface area contributed by atoms with E-state index in [1.807, 2.05) is 12.3 Å². The van der Waals surface area contributed by atoms with Gasteiger partial charge >= 0.3 is 0 Å². The summed E-state index contributed by atoms with van der Waals surface area (Å²) in [5, 5.41) is 2.67. The summed E-state index contributed by atoms with van der Waals surface area (Å²) >= 11 is 3.23. The van der Waals surface area contributed by atoms with Crippen molar-refractivity contribution in [2.24, 2.45) is 10.8 Å². The molecule has 0 aromatic carbocycles. The first-order valence-corrected chi connectivity index (χ1v) is 7.53. The topological polar surface area (TPSA) is 83.6 Å². The molecule has 1 heterocycles. The Labute approximate surface area is 115 Å². The van der Waals surface area contributed by atoms with Crippen LogP contribution in [0.2, 0.25) is 0 Å². The van der Waals surface area contributed by atoms with E-state index in [2.05, 4.69) is 15.4 Å². The number of rotatable bonds is 9. The Kier molecular flexibility index (Phi) is 7.38. The fraction of sp³-hybridized carbons (Fsp3) is 0.500. The maximum absolute atomic E-state index is 10.6. The fourth-order valence-corrected chi connectivity index (χ4v) is 2.79.